The van der Waals surface area contributed by atoms with Gasteiger partial charge in [-0.05, 0) is 37.6 Å². The number of aromatic nitrogens is 4. The van der Waals surface area contributed by atoms with Crippen LogP contribution in [0.5, 0.6) is 0 Å². The van der Waals surface area contributed by atoms with Gasteiger partial charge in [-0.3, -0.25) is 14.2 Å². The van der Waals surface area contributed by atoms with E-state index in [1.54, 1.807) is 23.0 Å². The van der Waals surface area contributed by atoms with E-state index in [0.717, 1.165) is 16.3 Å². The molecular formula is C18H17ClF3N5O. The van der Waals surface area contributed by atoms with Gasteiger partial charge in [-0.15, -0.1) is 0 Å². The van der Waals surface area contributed by atoms with Crippen molar-refractivity contribution >= 4 is 23.2 Å². The van der Waals surface area contributed by atoms with Gasteiger partial charge in [0.2, 0.25) is 5.91 Å². The standard InChI is InChI=1S/C18H17ClF3N5O/c1-11-7-16(18(20,21)22)25-27(11)12(2)17(28)24-15-8-23-26(10-15)9-13-3-5-14(19)6-4-13/h3-8,10,12H,9H2,1-2H3,(H,24,28). The fourth-order valence-electron chi connectivity index (χ4n) is 2.67. The van der Waals surface area contributed by atoms with Gasteiger partial charge in [0, 0.05) is 16.9 Å². The number of hydrogen-bond acceptors (Lipinski definition) is 3. The molecule has 3 aromatic rings. The molecule has 6 nitrogen and oxygen atoms in total. The molecule has 10 heteroatoms. The lowest BCUT2D eigenvalue weighted by Crippen LogP contribution is -2.25. The molecule has 1 unspecified atom stereocenters. The van der Waals surface area contributed by atoms with Gasteiger partial charge >= 0.3 is 6.18 Å². The first-order valence-corrected chi connectivity index (χ1v) is 8.72. The van der Waals surface area contributed by atoms with Crippen LogP contribution in [0.1, 0.15) is 29.9 Å². The summed E-state index contributed by atoms with van der Waals surface area (Å²) in [6, 6.07) is 7.26. The van der Waals surface area contributed by atoms with E-state index in [0.29, 0.717) is 17.3 Å². The number of benzene rings is 1. The molecule has 2 aromatic heterocycles. The van der Waals surface area contributed by atoms with Crippen LogP contribution in [0.3, 0.4) is 0 Å². The number of nitrogens with one attached hydrogen (secondary N) is 1. The minimum atomic E-state index is -4.56. The van der Waals surface area contributed by atoms with Gasteiger partial charge in [0.25, 0.3) is 0 Å². The maximum Gasteiger partial charge on any atom is 0.435 e. The smallest absolute Gasteiger partial charge is 0.322 e. The van der Waals surface area contributed by atoms with Crippen molar-refractivity contribution in [3.63, 3.8) is 0 Å². The van der Waals surface area contributed by atoms with Crippen molar-refractivity contribution < 1.29 is 18.0 Å². The number of halogens is 4. The largest absolute Gasteiger partial charge is 0.435 e. The van der Waals surface area contributed by atoms with Gasteiger partial charge in [0.05, 0.1) is 18.4 Å². The number of hydrogen-bond donors (Lipinski definition) is 1. The van der Waals surface area contributed by atoms with Gasteiger partial charge in [0.15, 0.2) is 5.69 Å². The maximum atomic E-state index is 12.8. The highest BCUT2D eigenvalue weighted by atomic mass is 35.5. The zero-order valence-electron chi connectivity index (χ0n) is 15.0. The molecule has 1 atom stereocenters. The third-order valence-electron chi connectivity index (χ3n) is 4.12. The Balaban J connectivity index is 1.67. The first-order valence-electron chi connectivity index (χ1n) is 8.34. The molecule has 28 heavy (non-hydrogen) atoms. The molecule has 1 N–H and O–H groups in total. The normalized spacial score (nSPS) is 12.8. The first kappa shape index (κ1) is 19.9. The van der Waals surface area contributed by atoms with Crippen LogP contribution < -0.4 is 5.32 Å². The van der Waals surface area contributed by atoms with Crippen LogP contribution in [0.25, 0.3) is 0 Å². The van der Waals surface area contributed by atoms with Crippen LogP contribution in [0, 0.1) is 6.92 Å². The van der Waals surface area contributed by atoms with E-state index in [2.05, 4.69) is 15.5 Å². The predicted octanol–water partition coefficient (Wildman–Crippen LogP) is 4.31. The summed E-state index contributed by atoms with van der Waals surface area (Å²) < 4.78 is 41.1. The van der Waals surface area contributed by atoms with Gasteiger partial charge in [-0.25, -0.2) is 0 Å². The van der Waals surface area contributed by atoms with Crippen molar-refractivity contribution in [3.05, 3.63) is 64.7 Å². The number of aryl methyl sites for hydroxylation is 1. The summed E-state index contributed by atoms with van der Waals surface area (Å²) in [4.78, 5) is 12.4. The molecule has 0 bridgehead atoms. The number of rotatable bonds is 5. The average molecular weight is 412 g/mol. The number of carbonyl (C=O) groups excluding carboxylic acids is 1. The molecule has 0 aliphatic rings. The number of amides is 1. The van der Waals surface area contributed by atoms with Crippen LogP contribution in [0.2, 0.25) is 5.02 Å². The quantitative estimate of drug-likeness (QED) is 0.680. The van der Waals surface area contributed by atoms with E-state index < -0.39 is 23.8 Å². The molecule has 1 aromatic carbocycles. The number of carbonyl (C=O) groups is 1. The summed E-state index contributed by atoms with van der Waals surface area (Å²) in [6.45, 7) is 3.43. The molecule has 0 aliphatic heterocycles. The Kier molecular flexibility index (Phi) is 5.46. The summed E-state index contributed by atoms with van der Waals surface area (Å²) in [7, 11) is 0. The molecule has 0 fully saturated rings. The second-order valence-electron chi connectivity index (χ2n) is 6.33. The van der Waals surface area contributed by atoms with Gasteiger partial charge < -0.3 is 5.32 Å². The lowest BCUT2D eigenvalue weighted by atomic mass is 10.2. The highest BCUT2D eigenvalue weighted by Gasteiger charge is 2.35. The van der Waals surface area contributed by atoms with Crippen LogP contribution in [0.4, 0.5) is 18.9 Å². The van der Waals surface area contributed by atoms with E-state index in [4.69, 9.17) is 11.6 Å². The number of anilines is 1. The Hall–Kier alpha value is -2.81. The van der Waals surface area contributed by atoms with Crippen molar-refractivity contribution in [3.8, 4) is 0 Å². The molecule has 1 amide bonds. The zero-order chi connectivity index (χ0) is 20.5. The highest BCUT2D eigenvalue weighted by Crippen LogP contribution is 2.29. The topological polar surface area (TPSA) is 64.7 Å². The molecular weight excluding hydrogens is 395 g/mol. The molecule has 0 saturated carbocycles. The summed E-state index contributed by atoms with van der Waals surface area (Å²) >= 11 is 5.85. The SMILES string of the molecule is Cc1cc(C(F)(F)F)nn1C(C)C(=O)Nc1cnn(Cc2ccc(Cl)cc2)c1. The van der Waals surface area contributed by atoms with Gasteiger partial charge in [0.1, 0.15) is 6.04 Å². The van der Waals surface area contributed by atoms with Crippen molar-refractivity contribution in [1.29, 1.82) is 0 Å². The van der Waals surface area contributed by atoms with Gasteiger partial charge in [-0.2, -0.15) is 23.4 Å². The molecule has 0 spiro atoms. The molecule has 148 valence electrons. The van der Waals surface area contributed by atoms with Crippen molar-refractivity contribution in [2.75, 3.05) is 5.32 Å². The molecule has 0 radical (unpaired) electrons. The number of nitrogens with zero attached hydrogens (tertiary/aromatic N) is 4. The Morgan fingerprint density at radius 1 is 1.29 bits per heavy atom. The van der Waals surface area contributed by atoms with Crippen molar-refractivity contribution in [2.24, 2.45) is 0 Å². The average Bonchev–Trinajstić information content (AvgIpc) is 3.22. The lowest BCUT2D eigenvalue weighted by Gasteiger charge is -2.13. The first-order chi connectivity index (χ1) is 13.1. The third-order valence-corrected chi connectivity index (χ3v) is 4.37. The van der Waals surface area contributed by atoms with Crippen molar-refractivity contribution in [1.82, 2.24) is 19.6 Å². The molecule has 3 rings (SSSR count). The Bertz CT molecular complexity index is 978. The Labute approximate surface area is 163 Å². The van der Waals surface area contributed by atoms with E-state index in [1.807, 2.05) is 12.1 Å². The van der Waals surface area contributed by atoms with E-state index in [-0.39, 0.29) is 5.69 Å². The molecule has 0 aliphatic carbocycles. The Morgan fingerprint density at radius 3 is 2.57 bits per heavy atom. The van der Waals surface area contributed by atoms with Crippen LogP contribution >= 0.6 is 11.6 Å². The summed E-state index contributed by atoms with van der Waals surface area (Å²) in [5.74, 6) is -0.494. The van der Waals surface area contributed by atoms with E-state index in [9.17, 15) is 18.0 Å². The molecule has 2 heterocycles. The van der Waals surface area contributed by atoms with E-state index >= 15 is 0 Å². The zero-order valence-corrected chi connectivity index (χ0v) is 15.8. The monoisotopic (exact) mass is 411 g/mol. The van der Waals surface area contributed by atoms with Crippen LogP contribution in [-0.4, -0.2) is 25.5 Å². The summed E-state index contributed by atoms with van der Waals surface area (Å²) in [5.41, 5.74) is 0.631. The van der Waals surface area contributed by atoms with Crippen LogP contribution in [0.15, 0.2) is 42.7 Å². The predicted molar refractivity (Wildman–Crippen MR) is 98.1 cm³/mol. The van der Waals surface area contributed by atoms with Crippen LogP contribution in [-0.2, 0) is 17.5 Å². The van der Waals surface area contributed by atoms with Gasteiger partial charge in [-0.1, -0.05) is 23.7 Å². The Morgan fingerprint density at radius 2 is 1.96 bits per heavy atom. The summed E-state index contributed by atoms with van der Waals surface area (Å²) in [5, 5.41) is 11.0. The fraction of sp³-hybridized carbons (Fsp3) is 0.278. The second-order valence-corrected chi connectivity index (χ2v) is 6.77. The highest BCUT2D eigenvalue weighted by molar-refractivity contribution is 6.30. The lowest BCUT2D eigenvalue weighted by molar-refractivity contribution is -0.141. The third kappa shape index (κ3) is 4.53. The fourth-order valence-corrected chi connectivity index (χ4v) is 2.79. The maximum absolute atomic E-state index is 12.8. The molecule has 0 saturated heterocycles. The summed E-state index contributed by atoms with van der Waals surface area (Å²) in [6.07, 6.45) is -1.46. The minimum Gasteiger partial charge on any atom is -0.322 e. The number of alkyl halides is 3. The van der Waals surface area contributed by atoms with E-state index in [1.165, 1.54) is 20.0 Å². The van der Waals surface area contributed by atoms with Crippen molar-refractivity contribution in [2.45, 2.75) is 32.6 Å². The minimum absolute atomic E-state index is 0.244. The second kappa shape index (κ2) is 7.67.